The van der Waals surface area contributed by atoms with E-state index in [4.69, 9.17) is 14.4 Å². The smallest absolute Gasteiger partial charge is 0.258 e. The SMILES string of the molecule is CCN(C)c1cc(-c2nc(-c3cc(C)c(OC[C@H](O)CO)c(C)c3)no2)cc(C)n1. The van der Waals surface area contributed by atoms with Crippen LogP contribution in [0, 0.1) is 20.8 Å². The Bertz CT molecular complexity index is 995. The number of hydrogen-bond acceptors (Lipinski definition) is 8. The van der Waals surface area contributed by atoms with Crippen molar-refractivity contribution in [2.24, 2.45) is 0 Å². The highest BCUT2D eigenvalue weighted by Gasteiger charge is 2.16. The van der Waals surface area contributed by atoms with Gasteiger partial charge in [0.15, 0.2) is 0 Å². The highest BCUT2D eigenvalue weighted by molar-refractivity contribution is 5.65. The fourth-order valence-electron chi connectivity index (χ4n) is 3.13. The Morgan fingerprint density at radius 3 is 2.40 bits per heavy atom. The molecule has 2 aromatic heterocycles. The zero-order chi connectivity index (χ0) is 21.8. The highest BCUT2D eigenvalue weighted by Crippen LogP contribution is 2.31. The Labute approximate surface area is 176 Å². The lowest BCUT2D eigenvalue weighted by atomic mass is 10.1. The van der Waals surface area contributed by atoms with Gasteiger partial charge in [-0.2, -0.15) is 4.98 Å². The molecule has 0 spiro atoms. The van der Waals surface area contributed by atoms with Crippen LogP contribution in [0.4, 0.5) is 5.82 Å². The molecule has 0 aliphatic carbocycles. The summed E-state index contributed by atoms with van der Waals surface area (Å²) in [7, 11) is 1.99. The lowest BCUT2D eigenvalue weighted by molar-refractivity contribution is 0.0532. The third-order valence-corrected chi connectivity index (χ3v) is 4.83. The number of ether oxygens (including phenoxy) is 1. The van der Waals surface area contributed by atoms with Gasteiger partial charge in [-0.05, 0) is 63.1 Å². The minimum Gasteiger partial charge on any atom is -0.490 e. The van der Waals surface area contributed by atoms with E-state index in [1.807, 2.05) is 57.0 Å². The summed E-state index contributed by atoms with van der Waals surface area (Å²) >= 11 is 0. The summed E-state index contributed by atoms with van der Waals surface area (Å²) < 4.78 is 11.2. The van der Waals surface area contributed by atoms with Crippen LogP contribution >= 0.6 is 0 Å². The van der Waals surface area contributed by atoms with Gasteiger partial charge in [-0.15, -0.1) is 0 Å². The molecule has 0 bridgehead atoms. The molecule has 3 aromatic rings. The van der Waals surface area contributed by atoms with Gasteiger partial charge in [-0.3, -0.25) is 0 Å². The second-order valence-corrected chi connectivity index (χ2v) is 7.38. The van der Waals surface area contributed by atoms with Crippen molar-refractivity contribution in [2.75, 3.05) is 31.7 Å². The summed E-state index contributed by atoms with van der Waals surface area (Å²) in [6.07, 6.45) is -0.913. The molecule has 0 fully saturated rings. The molecule has 160 valence electrons. The minimum absolute atomic E-state index is 0.0276. The first-order valence-corrected chi connectivity index (χ1v) is 9.89. The first kappa shape index (κ1) is 21.7. The van der Waals surface area contributed by atoms with Gasteiger partial charge in [0.1, 0.15) is 24.3 Å². The fraction of sp³-hybridized carbons (Fsp3) is 0.409. The third-order valence-electron chi connectivity index (χ3n) is 4.83. The van der Waals surface area contributed by atoms with Crippen molar-refractivity contribution in [3.63, 3.8) is 0 Å². The zero-order valence-electron chi connectivity index (χ0n) is 18.0. The average Bonchev–Trinajstić information content (AvgIpc) is 3.22. The van der Waals surface area contributed by atoms with E-state index in [0.29, 0.717) is 17.5 Å². The molecule has 2 N–H and O–H groups in total. The number of nitrogens with zero attached hydrogens (tertiary/aromatic N) is 4. The number of aliphatic hydroxyl groups excluding tert-OH is 2. The van der Waals surface area contributed by atoms with Gasteiger partial charge in [0, 0.05) is 30.4 Å². The third kappa shape index (κ3) is 4.77. The van der Waals surface area contributed by atoms with Crippen molar-refractivity contribution < 1.29 is 19.5 Å². The predicted octanol–water partition coefficient (Wildman–Crippen LogP) is 2.91. The van der Waals surface area contributed by atoms with Crippen molar-refractivity contribution in [3.05, 3.63) is 41.1 Å². The molecule has 30 heavy (non-hydrogen) atoms. The van der Waals surface area contributed by atoms with Crippen LogP contribution in [-0.2, 0) is 0 Å². The largest absolute Gasteiger partial charge is 0.490 e. The van der Waals surface area contributed by atoms with E-state index in [0.717, 1.165) is 40.3 Å². The topological polar surface area (TPSA) is 105 Å². The molecule has 2 heterocycles. The normalized spacial score (nSPS) is 12.1. The van der Waals surface area contributed by atoms with Gasteiger partial charge < -0.3 is 24.4 Å². The molecular weight excluding hydrogens is 384 g/mol. The van der Waals surface area contributed by atoms with Crippen LogP contribution in [-0.4, -0.2) is 58.2 Å². The molecule has 0 amide bonds. The monoisotopic (exact) mass is 412 g/mol. The number of pyridine rings is 1. The molecule has 0 saturated heterocycles. The average molecular weight is 412 g/mol. The minimum atomic E-state index is -0.913. The number of aromatic nitrogens is 3. The molecule has 1 atom stereocenters. The summed E-state index contributed by atoms with van der Waals surface area (Å²) in [5.41, 5.74) is 4.27. The fourth-order valence-corrected chi connectivity index (χ4v) is 3.13. The van der Waals surface area contributed by atoms with Gasteiger partial charge >= 0.3 is 0 Å². The zero-order valence-corrected chi connectivity index (χ0v) is 18.0. The van der Waals surface area contributed by atoms with Crippen LogP contribution in [0.1, 0.15) is 23.7 Å². The van der Waals surface area contributed by atoms with E-state index >= 15 is 0 Å². The van der Waals surface area contributed by atoms with Gasteiger partial charge in [-0.1, -0.05) is 5.16 Å². The molecule has 8 heteroatoms. The molecule has 1 aromatic carbocycles. The Morgan fingerprint density at radius 1 is 1.07 bits per heavy atom. The molecule has 8 nitrogen and oxygen atoms in total. The van der Waals surface area contributed by atoms with Crippen molar-refractivity contribution in [1.82, 2.24) is 15.1 Å². The van der Waals surface area contributed by atoms with Crippen LogP contribution in [0.15, 0.2) is 28.8 Å². The van der Waals surface area contributed by atoms with Crippen LogP contribution in [0.3, 0.4) is 0 Å². The second-order valence-electron chi connectivity index (χ2n) is 7.38. The van der Waals surface area contributed by atoms with Crippen molar-refractivity contribution in [1.29, 1.82) is 0 Å². The number of aryl methyl sites for hydroxylation is 3. The van der Waals surface area contributed by atoms with Gasteiger partial charge in [0.05, 0.1) is 6.61 Å². The van der Waals surface area contributed by atoms with Gasteiger partial charge in [0.2, 0.25) is 5.82 Å². The highest BCUT2D eigenvalue weighted by atomic mass is 16.5. The first-order chi connectivity index (χ1) is 14.3. The Balaban J connectivity index is 1.89. The van der Waals surface area contributed by atoms with E-state index < -0.39 is 6.10 Å². The lowest BCUT2D eigenvalue weighted by Gasteiger charge is -2.16. The standard InChI is InChI=1S/C22H28N4O4/c1-6-26(5)19-10-17(9-15(4)23-19)22-24-21(25-30-22)16-7-13(2)20(14(3)8-16)29-12-18(28)11-27/h7-10,18,27-28H,6,11-12H2,1-5H3/t18-/m1/s1. The summed E-state index contributed by atoms with van der Waals surface area (Å²) in [6, 6.07) is 7.69. The summed E-state index contributed by atoms with van der Waals surface area (Å²) in [6.45, 7) is 8.36. The molecule has 0 saturated carbocycles. The van der Waals surface area contributed by atoms with Gasteiger partial charge in [0.25, 0.3) is 5.89 Å². The maximum absolute atomic E-state index is 9.52. The number of hydrogen-bond donors (Lipinski definition) is 2. The van der Waals surface area contributed by atoms with Crippen molar-refractivity contribution in [3.8, 4) is 28.6 Å². The van der Waals surface area contributed by atoms with E-state index in [9.17, 15) is 5.11 Å². The van der Waals surface area contributed by atoms with E-state index in [1.54, 1.807) is 0 Å². The number of aliphatic hydroxyl groups is 2. The van der Waals surface area contributed by atoms with Crippen LogP contribution in [0.25, 0.3) is 22.8 Å². The van der Waals surface area contributed by atoms with E-state index in [1.165, 1.54) is 0 Å². The maximum atomic E-state index is 9.52. The molecule has 0 unspecified atom stereocenters. The van der Waals surface area contributed by atoms with Crippen LogP contribution in [0.2, 0.25) is 0 Å². The Kier molecular flexibility index (Phi) is 6.69. The van der Waals surface area contributed by atoms with Crippen LogP contribution in [0.5, 0.6) is 5.75 Å². The molecule has 0 aliphatic rings. The summed E-state index contributed by atoms with van der Waals surface area (Å²) in [4.78, 5) is 11.2. The van der Waals surface area contributed by atoms with E-state index in [2.05, 4.69) is 22.0 Å². The quantitative estimate of drug-likeness (QED) is 0.582. The molecule has 0 radical (unpaired) electrons. The first-order valence-electron chi connectivity index (χ1n) is 9.89. The summed E-state index contributed by atoms with van der Waals surface area (Å²) in [5.74, 6) is 2.44. The molecule has 3 rings (SSSR count). The molecular formula is C22H28N4O4. The van der Waals surface area contributed by atoms with E-state index in [-0.39, 0.29) is 13.2 Å². The molecule has 0 aliphatic heterocycles. The van der Waals surface area contributed by atoms with Crippen molar-refractivity contribution >= 4 is 5.82 Å². The van der Waals surface area contributed by atoms with Crippen molar-refractivity contribution in [2.45, 2.75) is 33.8 Å². The Morgan fingerprint density at radius 2 is 1.77 bits per heavy atom. The second kappa shape index (κ2) is 9.23. The lowest BCUT2D eigenvalue weighted by Crippen LogP contribution is -2.21. The Hall–Kier alpha value is -2.97. The predicted molar refractivity (Wildman–Crippen MR) is 115 cm³/mol. The number of benzene rings is 1. The maximum Gasteiger partial charge on any atom is 0.258 e. The summed E-state index contributed by atoms with van der Waals surface area (Å²) in [5, 5.41) is 22.6. The van der Waals surface area contributed by atoms with Crippen LogP contribution < -0.4 is 9.64 Å². The number of anilines is 1. The number of rotatable bonds is 8. The van der Waals surface area contributed by atoms with Gasteiger partial charge in [-0.25, -0.2) is 4.98 Å².